The van der Waals surface area contributed by atoms with Crippen molar-refractivity contribution in [3.63, 3.8) is 0 Å². The zero-order valence-corrected chi connectivity index (χ0v) is 15.2. The number of hydrogen-bond donors (Lipinski definition) is 2. The van der Waals surface area contributed by atoms with Crippen molar-refractivity contribution in [3.05, 3.63) is 53.1 Å². The molecule has 0 spiro atoms. The van der Waals surface area contributed by atoms with Crippen LogP contribution in [0.5, 0.6) is 5.75 Å². The fourth-order valence-electron chi connectivity index (χ4n) is 2.19. The lowest BCUT2D eigenvalue weighted by Crippen LogP contribution is -2.15. The van der Waals surface area contributed by atoms with Gasteiger partial charge in [-0.1, -0.05) is 6.92 Å². The van der Waals surface area contributed by atoms with Gasteiger partial charge in [0.05, 0.1) is 12.2 Å². The van der Waals surface area contributed by atoms with Crippen LogP contribution in [0, 0.1) is 13.8 Å². The van der Waals surface area contributed by atoms with E-state index in [0.717, 1.165) is 17.5 Å². The van der Waals surface area contributed by atoms with Crippen LogP contribution in [0.15, 0.2) is 41.3 Å². The summed E-state index contributed by atoms with van der Waals surface area (Å²) in [7, 11) is -3.87. The molecular weight excluding hydrogens is 342 g/mol. The maximum absolute atomic E-state index is 12.8. The molecule has 0 aliphatic carbocycles. The number of nitrogens with one attached hydrogen (secondary N) is 1. The summed E-state index contributed by atoms with van der Waals surface area (Å²) in [4.78, 5) is 10.9. The molecule has 0 aromatic heterocycles. The van der Waals surface area contributed by atoms with E-state index in [4.69, 9.17) is 9.84 Å². The molecule has 2 rings (SSSR count). The normalized spacial score (nSPS) is 11.2. The van der Waals surface area contributed by atoms with Crippen LogP contribution in [0.3, 0.4) is 0 Å². The topological polar surface area (TPSA) is 92.7 Å². The molecule has 0 unspecified atom stereocenters. The summed E-state index contributed by atoms with van der Waals surface area (Å²) < 4.78 is 33.6. The van der Waals surface area contributed by atoms with Crippen molar-refractivity contribution in [2.24, 2.45) is 0 Å². The van der Waals surface area contributed by atoms with Gasteiger partial charge in [0.15, 0.2) is 0 Å². The van der Waals surface area contributed by atoms with Crippen molar-refractivity contribution < 1.29 is 23.1 Å². The second-order valence-electron chi connectivity index (χ2n) is 5.72. The molecule has 0 bridgehead atoms. The fourth-order valence-corrected chi connectivity index (χ4v) is 3.46. The number of hydrogen-bond acceptors (Lipinski definition) is 4. The molecule has 2 aromatic rings. The van der Waals surface area contributed by atoms with Gasteiger partial charge in [-0.15, -0.1) is 0 Å². The van der Waals surface area contributed by atoms with E-state index in [1.165, 1.54) is 24.3 Å². The number of benzene rings is 2. The standard InChI is InChI=1S/C18H21NO5S/c1-4-9-24-16-10-12(2)13(3)11-17(16)25(22,23)19-15-7-5-14(6-8-15)18(20)21/h5-8,10-11,19H,4,9H2,1-3H3,(H,20,21). The number of carbonyl (C=O) groups is 1. The summed E-state index contributed by atoms with van der Waals surface area (Å²) in [5, 5.41) is 8.91. The fraction of sp³-hybridized carbons (Fsp3) is 0.278. The predicted octanol–water partition coefficient (Wildman–Crippen LogP) is 3.59. The summed E-state index contributed by atoms with van der Waals surface area (Å²) in [5.41, 5.74) is 2.15. The van der Waals surface area contributed by atoms with Crippen LogP contribution in [-0.4, -0.2) is 26.1 Å². The Labute approximate surface area is 147 Å². The Morgan fingerprint density at radius 1 is 1.12 bits per heavy atom. The predicted molar refractivity (Wildman–Crippen MR) is 95.9 cm³/mol. The Bertz CT molecular complexity index is 873. The van der Waals surface area contributed by atoms with Gasteiger partial charge in [-0.25, -0.2) is 13.2 Å². The first-order chi connectivity index (χ1) is 11.7. The lowest BCUT2D eigenvalue weighted by Gasteiger charge is -2.15. The molecule has 0 aliphatic rings. The van der Waals surface area contributed by atoms with E-state index < -0.39 is 16.0 Å². The molecular formula is C18H21NO5S. The minimum atomic E-state index is -3.87. The number of aromatic carboxylic acids is 1. The number of aryl methyl sites for hydroxylation is 2. The van der Waals surface area contributed by atoms with Crippen LogP contribution in [0.1, 0.15) is 34.8 Å². The highest BCUT2D eigenvalue weighted by molar-refractivity contribution is 7.92. The Hall–Kier alpha value is -2.54. The van der Waals surface area contributed by atoms with Crippen molar-refractivity contribution >= 4 is 21.7 Å². The smallest absolute Gasteiger partial charge is 0.335 e. The summed E-state index contributed by atoms with van der Waals surface area (Å²) in [5.74, 6) is -0.765. The van der Waals surface area contributed by atoms with Gasteiger partial charge in [-0.05, 0) is 67.8 Å². The van der Waals surface area contributed by atoms with Gasteiger partial charge in [0, 0.05) is 5.69 Å². The average molecular weight is 363 g/mol. The highest BCUT2D eigenvalue weighted by Crippen LogP contribution is 2.29. The summed E-state index contributed by atoms with van der Waals surface area (Å²) in [6, 6.07) is 8.80. The molecule has 25 heavy (non-hydrogen) atoms. The van der Waals surface area contributed by atoms with Crippen molar-refractivity contribution in [2.45, 2.75) is 32.1 Å². The van der Waals surface area contributed by atoms with Crippen molar-refractivity contribution in [1.82, 2.24) is 0 Å². The van der Waals surface area contributed by atoms with Crippen LogP contribution in [0.2, 0.25) is 0 Å². The van der Waals surface area contributed by atoms with Gasteiger partial charge in [0.25, 0.3) is 10.0 Å². The molecule has 2 N–H and O–H groups in total. The highest BCUT2D eigenvalue weighted by atomic mass is 32.2. The van der Waals surface area contributed by atoms with E-state index in [0.29, 0.717) is 12.4 Å². The molecule has 0 amide bonds. The van der Waals surface area contributed by atoms with Gasteiger partial charge < -0.3 is 9.84 Å². The van der Waals surface area contributed by atoms with Gasteiger partial charge in [0.1, 0.15) is 10.6 Å². The maximum atomic E-state index is 12.8. The van der Waals surface area contributed by atoms with Crippen molar-refractivity contribution in [2.75, 3.05) is 11.3 Å². The van der Waals surface area contributed by atoms with Crippen LogP contribution >= 0.6 is 0 Å². The Morgan fingerprint density at radius 3 is 2.28 bits per heavy atom. The number of carboxylic acid groups (broad SMARTS) is 1. The van der Waals surface area contributed by atoms with Crippen LogP contribution in [-0.2, 0) is 10.0 Å². The SMILES string of the molecule is CCCOc1cc(C)c(C)cc1S(=O)(=O)Nc1ccc(C(=O)O)cc1. The van der Waals surface area contributed by atoms with E-state index in [1.54, 1.807) is 12.1 Å². The first-order valence-corrected chi connectivity index (χ1v) is 9.33. The van der Waals surface area contributed by atoms with E-state index in [1.807, 2.05) is 20.8 Å². The molecule has 0 atom stereocenters. The number of sulfonamides is 1. The highest BCUT2D eigenvalue weighted by Gasteiger charge is 2.21. The Morgan fingerprint density at radius 2 is 1.72 bits per heavy atom. The van der Waals surface area contributed by atoms with E-state index in [2.05, 4.69) is 4.72 Å². The van der Waals surface area contributed by atoms with Crippen LogP contribution < -0.4 is 9.46 Å². The second-order valence-corrected chi connectivity index (χ2v) is 7.37. The summed E-state index contributed by atoms with van der Waals surface area (Å²) in [6.45, 7) is 6.08. The number of anilines is 1. The molecule has 0 saturated heterocycles. The average Bonchev–Trinajstić information content (AvgIpc) is 2.55. The molecule has 0 aliphatic heterocycles. The summed E-state index contributed by atoms with van der Waals surface area (Å²) >= 11 is 0. The second kappa shape index (κ2) is 7.57. The Kier molecular flexibility index (Phi) is 5.69. The lowest BCUT2D eigenvalue weighted by atomic mass is 10.1. The molecule has 6 nitrogen and oxygen atoms in total. The molecule has 7 heteroatoms. The number of rotatable bonds is 7. The number of ether oxygens (including phenoxy) is 1. The molecule has 0 heterocycles. The lowest BCUT2D eigenvalue weighted by molar-refractivity contribution is 0.0697. The number of carboxylic acids is 1. The minimum absolute atomic E-state index is 0.0614. The third-order valence-corrected chi connectivity index (χ3v) is 5.10. The Balaban J connectivity index is 2.38. The van der Waals surface area contributed by atoms with Crippen molar-refractivity contribution in [1.29, 1.82) is 0 Å². The van der Waals surface area contributed by atoms with Gasteiger partial charge in [-0.2, -0.15) is 0 Å². The van der Waals surface area contributed by atoms with Gasteiger partial charge in [-0.3, -0.25) is 4.72 Å². The molecule has 0 fully saturated rings. The molecule has 0 saturated carbocycles. The van der Waals surface area contributed by atoms with Crippen molar-refractivity contribution in [3.8, 4) is 5.75 Å². The monoisotopic (exact) mass is 363 g/mol. The van der Waals surface area contributed by atoms with Gasteiger partial charge in [0.2, 0.25) is 0 Å². The third-order valence-electron chi connectivity index (χ3n) is 3.70. The first kappa shape index (κ1) is 18.8. The first-order valence-electron chi connectivity index (χ1n) is 7.85. The zero-order valence-electron chi connectivity index (χ0n) is 14.4. The molecule has 134 valence electrons. The summed E-state index contributed by atoms with van der Waals surface area (Å²) in [6.07, 6.45) is 0.760. The molecule has 2 aromatic carbocycles. The minimum Gasteiger partial charge on any atom is -0.492 e. The van der Waals surface area contributed by atoms with E-state index in [9.17, 15) is 13.2 Å². The third kappa shape index (κ3) is 4.51. The molecule has 0 radical (unpaired) electrons. The van der Waals surface area contributed by atoms with Crippen LogP contribution in [0.4, 0.5) is 5.69 Å². The van der Waals surface area contributed by atoms with E-state index in [-0.39, 0.29) is 16.1 Å². The van der Waals surface area contributed by atoms with Gasteiger partial charge >= 0.3 is 5.97 Å². The quantitative estimate of drug-likeness (QED) is 0.784. The maximum Gasteiger partial charge on any atom is 0.335 e. The van der Waals surface area contributed by atoms with E-state index >= 15 is 0 Å². The largest absolute Gasteiger partial charge is 0.492 e. The van der Waals surface area contributed by atoms with Crippen LogP contribution in [0.25, 0.3) is 0 Å². The zero-order chi connectivity index (χ0) is 18.6.